The molecule has 2 aromatic carbocycles. The Morgan fingerprint density at radius 3 is 2.21 bits per heavy atom. The Bertz CT molecular complexity index is 1090. The van der Waals surface area contributed by atoms with E-state index in [2.05, 4.69) is 20.9 Å². The van der Waals surface area contributed by atoms with Gasteiger partial charge in [-0.05, 0) is 74.5 Å². The molecule has 33 heavy (non-hydrogen) atoms. The number of aliphatic hydroxyl groups is 1. The molecule has 0 aliphatic rings. The van der Waals surface area contributed by atoms with E-state index in [9.17, 15) is 19.1 Å². The lowest BCUT2D eigenvalue weighted by molar-refractivity contribution is -0.118. The van der Waals surface area contributed by atoms with Gasteiger partial charge in [-0.1, -0.05) is 6.07 Å². The Balaban J connectivity index is 1.65. The largest absolute Gasteiger partial charge is 0.457 e. The quantitative estimate of drug-likeness (QED) is 0.416. The van der Waals surface area contributed by atoms with Crippen molar-refractivity contribution in [1.82, 2.24) is 15.6 Å². The number of nitrogens with zero attached hydrogens (tertiary/aromatic N) is 1. The van der Waals surface area contributed by atoms with Crippen LogP contribution in [0.3, 0.4) is 0 Å². The van der Waals surface area contributed by atoms with Crippen molar-refractivity contribution in [1.29, 1.82) is 0 Å². The molecule has 0 radical (unpaired) electrons. The van der Waals surface area contributed by atoms with Crippen LogP contribution < -0.4 is 20.7 Å². The number of halogens is 1. The number of aromatic nitrogens is 1. The van der Waals surface area contributed by atoms with E-state index < -0.39 is 24.6 Å². The highest BCUT2D eigenvalue weighted by molar-refractivity contribution is 5.96. The first-order valence-corrected chi connectivity index (χ1v) is 10.3. The molecule has 0 aliphatic carbocycles. The Morgan fingerprint density at radius 2 is 1.61 bits per heavy atom. The van der Waals surface area contributed by atoms with Crippen molar-refractivity contribution in [2.45, 2.75) is 25.9 Å². The second-order valence-electron chi connectivity index (χ2n) is 7.49. The third-order valence-corrected chi connectivity index (χ3v) is 4.42. The van der Waals surface area contributed by atoms with Crippen LogP contribution >= 0.6 is 0 Å². The third-order valence-electron chi connectivity index (χ3n) is 4.42. The molecule has 0 saturated carbocycles. The van der Waals surface area contributed by atoms with Gasteiger partial charge in [-0.25, -0.2) is 14.2 Å². The van der Waals surface area contributed by atoms with Gasteiger partial charge in [-0.3, -0.25) is 4.79 Å². The SMILES string of the molecule is CC(C)NC(=O)N[C@@H](CO)C(=O)Nc1cccc(-c2ccc(Oc3ccc(F)cc3)cc2)n1. The number of benzene rings is 2. The summed E-state index contributed by atoms with van der Waals surface area (Å²) in [6, 6.07) is 16.2. The van der Waals surface area contributed by atoms with Crippen molar-refractivity contribution in [2.75, 3.05) is 11.9 Å². The summed E-state index contributed by atoms with van der Waals surface area (Å²) < 4.78 is 18.7. The zero-order valence-corrected chi connectivity index (χ0v) is 18.2. The molecule has 1 heterocycles. The fourth-order valence-electron chi connectivity index (χ4n) is 2.87. The number of carbonyl (C=O) groups is 2. The summed E-state index contributed by atoms with van der Waals surface area (Å²) in [5, 5.41) is 17.1. The maximum Gasteiger partial charge on any atom is 0.315 e. The van der Waals surface area contributed by atoms with Gasteiger partial charge in [0.15, 0.2) is 0 Å². The number of hydrogen-bond acceptors (Lipinski definition) is 5. The van der Waals surface area contributed by atoms with Crippen LogP contribution in [0.1, 0.15) is 13.8 Å². The van der Waals surface area contributed by atoms with Crippen LogP contribution in [0.25, 0.3) is 11.3 Å². The minimum atomic E-state index is -1.13. The first-order valence-electron chi connectivity index (χ1n) is 10.3. The van der Waals surface area contributed by atoms with Crippen molar-refractivity contribution in [3.8, 4) is 22.8 Å². The minimum Gasteiger partial charge on any atom is -0.457 e. The van der Waals surface area contributed by atoms with Gasteiger partial charge in [0, 0.05) is 11.6 Å². The number of ether oxygens (including phenoxy) is 1. The highest BCUT2D eigenvalue weighted by atomic mass is 19.1. The molecule has 8 nitrogen and oxygen atoms in total. The number of hydrogen-bond donors (Lipinski definition) is 4. The van der Waals surface area contributed by atoms with Crippen molar-refractivity contribution < 1.29 is 23.8 Å². The summed E-state index contributed by atoms with van der Waals surface area (Å²) in [6.07, 6.45) is 0. The number of anilines is 1. The van der Waals surface area contributed by atoms with Gasteiger partial charge in [0.1, 0.15) is 29.2 Å². The van der Waals surface area contributed by atoms with Crippen molar-refractivity contribution in [2.24, 2.45) is 0 Å². The van der Waals surface area contributed by atoms with E-state index >= 15 is 0 Å². The van der Waals surface area contributed by atoms with E-state index in [-0.39, 0.29) is 17.7 Å². The molecule has 3 amide bonds. The second-order valence-corrected chi connectivity index (χ2v) is 7.49. The fraction of sp³-hybridized carbons (Fsp3) is 0.208. The third kappa shape index (κ3) is 7.01. The lowest BCUT2D eigenvalue weighted by Gasteiger charge is -2.17. The van der Waals surface area contributed by atoms with E-state index in [0.29, 0.717) is 17.2 Å². The first-order chi connectivity index (χ1) is 15.8. The Labute approximate surface area is 190 Å². The van der Waals surface area contributed by atoms with Gasteiger partial charge in [0.2, 0.25) is 0 Å². The number of amides is 3. The molecule has 1 atom stereocenters. The standard InChI is InChI=1S/C24H25FN4O4/c1-15(2)26-24(32)28-21(14-30)23(31)29-22-5-3-4-20(27-22)16-6-10-18(11-7-16)33-19-12-8-17(25)9-13-19/h3-13,15,21,30H,14H2,1-2H3,(H2,26,28,32)(H,27,29,31)/t21-/m0/s1. The topological polar surface area (TPSA) is 113 Å². The van der Waals surface area contributed by atoms with Crippen LogP contribution in [-0.2, 0) is 4.79 Å². The van der Waals surface area contributed by atoms with Gasteiger partial charge in [0.25, 0.3) is 5.91 Å². The smallest absolute Gasteiger partial charge is 0.315 e. The average Bonchev–Trinajstić information content (AvgIpc) is 2.79. The maximum atomic E-state index is 13.0. The molecule has 172 valence electrons. The molecule has 0 unspecified atom stereocenters. The van der Waals surface area contributed by atoms with Crippen LogP contribution in [0.5, 0.6) is 11.5 Å². The Hall–Kier alpha value is -3.98. The summed E-state index contributed by atoms with van der Waals surface area (Å²) in [6.45, 7) is 3.00. The van der Waals surface area contributed by atoms with Gasteiger partial charge >= 0.3 is 6.03 Å². The van der Waals surface area contributed by atoms with Crippen molar-refractivity contribution in [3.05, 3.63) is 72.5 Å². The van der Waals surface area contributed by atoms with E-state index in [1.807, 2.05) is 0 Å². The highest BCUT2D eigenvalue weighted by Gasteiger charge is 2.20. The molecular formula is C24H25FN4O4. The predicted molar refractivity (Wildman–Crippen MR) is 122 cm³/mol. The molecule has 1 aromatic heterocycles. The van der Waals surface area contributed by atoms with Crippen LogP contribution in [-0.4, -0.2) is 40.7 Å². The van der Waals surface area contributed by atoms with Crippen LogP contribution in [0.4, 0.5) is 15.0 Å². The zero-order chi connectivity index (χ0) is 23.8. The molecule has 0 saturated heterocycles. The summed E-state index contributed by atoms with van der Waals surface area (Å²) in [4.78, 5) is 28.7. The lowest BCUT2D eigenvalue weighted by atomic mass is 10.1. The predicted octanol–water partition coefficient (Wildman–Crippen LogP) is 3.69. The summed E-state index contributed by atoms with van der Waals surface area (Å²) in [5.74, 6) is 0.431. The van der Waals surface area contributed by atoms with E-state index in [1.165, 1.54) is 24.3 Å². The van der Waals surface area contributed by atoms with E-state index in [4.69, 9.17) is 4.74 Å². The van der Waals surface area contributed by atoms with Crippen molar-refractivity contribution in [3.63, 3.8) is 0 Å². The van der Waals surface area contributed by atoms with E-state index in [0.717, 1.165) is 5.56 Å². The molecule has 3 aromatic rings. The number of urea groups is 1. The van der Waals surface area contributed by atoms with Gasteiger partial charge in [-0.2, -0.15) is 0 Å². The molecule has 3 rings (SSSR count). The Morgan fingerprint density at radius 1 is 0.970 bits per heavy atom. The highest BCUT2D eigenvalue weighted by Crippen LogP contribution is 2.25. The summed E-state index contributed by atoms with van der Waals surface area (Å²) >= 11 is 0. The van der Waals surface area contributed by atoms with Gasteiger partial charge in [-0.15, -0.1) is 0 Å². The maximum absolute atomic E-state index is 13.0. The average molecular weight is 452 g/mol. The molecule has 0 bridgehead atoms. The number of aliphatic hydroxyl groups excluding tert-OH is 1. The number of pyridine rings is 1. The van der Waals surface area contributed by atoms with E-state index in [1.54, 1.807) is 56.3 Å². The molecule has 0 aliphatic heterocycles. The van der Waals surface area contributed by atoms with Crippen LogP contribution in [0, 0.1) is 5.82 Å². The van der Waals surface area contributed by atoms with Gasteiger partial charge in [0.05, 0.1) is 12.3 Å². The summed E-state index contributed by atoms with van der Waals surface area (Å²) in [5.41, 5.74) is 1.39. The fourth-order valence-corrected chi connectivity index (χ4v) is 2.87. The first kappa shape index (κ1) is 23.7. The summed E-state index contributed by atoms with van der Waals surface area (Å²) in [7, 11) is 0. The Kier molecular flexibility index (Phi) is 7.93. The molecule has 0 fully saturated rings. The minimum absolute atomic E-state index is 0.113. The van der Waals surface area contributed by atoms with Crippen LogP contribution in [0.2, 0.25) is 0 Å². The normalized spacial score (nSPS) is 11.5. The molecule has 0 spiro atoms. The lowest BCUT2D eigenvalue weighted by Crippen LogP contribution is -2.51. The number of carbonyl (C=O) groups excluding carboxylic acids is 2. The van der Waals surface area contributed by atoms with Crippen LogP contribution in [0.15, 0.2) is 66.7 Å². The molecule has 4 N–H and O–H groups in total. The monoisotopic (exact) mass is 452 g/mol. The molecule has 9 heteroatoms. The zero-order valence-electron chi connectivity index (χ0n) is 18.2. The second kappa shape index (κ2) is 11.1. The number of rotatable bonds is 8. The van der Waals surface area contributed by atoms with Crippen molar-refractivity contribution >= 4 is 17.8 Å². The molecular weight excluding hydrogens is 427 g/mol. The number of nitrogens with one attached hydrogen (secondary N) is 3. The van der Waals surface area contributed by atoms with Gasteiger partial charge < -0.3 is 25.8 Å².